The van der Waals surface area contributed by atoms with Crippen LogP contribution in [-0.4, -0.2) is 24.7 Å². The first-order valence-electron chi connectivity index (χ1n) is 5.89. The molecule has 0 atom stereocenters. The van der Waals surface area contributed by atoms with Crippen LogP contribution in [0.3, 0.4) is 0 Å². The summed E-state index contributed by atoms with van der Waals surface area (Å²) >= 11 is 0. The highest BCUT2D eigenvalue weighted by atomic mass is 16.6. The summed E-state index contributed by atoms with van der Waals surface area (Å²) in [6, 6.07) is 0.152. The Balaban J connectivity index is 2.39. The van der Waals surface area contributed by atoms with Crippen molar-refractivity contribution in [3.05, 3.63) is 28.2 Å². The average Bonchev–Trinajstić information content (AvgIpc) is 2.75. The van der Waals surface area contributed by atoms with E-state index >= 15 is 0 Å². The van der Waals surface area contributed by atoms with Crippen LogP contribution in [0.2, 0.25) is 0 Å². The normalized spacial score (nSPS) is 10.8. The quantitative estimate of drug-likeness (QED) is 0.668. The van der Waals surface area contributed by atoms with Crippen molar-refractivity contribution >= 4 is 11.6 Å². The Morgan fingerprint density at radius 2 is 2.15 bits per heavy atom. The minimum absolute atomic E-state index is 0.0839. The highest BCUT2D eigenvalue weighted by Gasteiger charge is 2.24. The van der Waals surface area contributed by atoms with Crippen molar-refractivity contribution in [3.8, 4) is 11.6 Å². The smallest absolute Gasteiger partial charge is 0.352 e. The monoisotopic (exact) mass is 278 g/mol. The van der Waals surface area contributed by atoms with Gasteiger partial charge < -0.3 is 10.5 Å². The zero-order valence-electron chi connectivity index (χ0n) is 11.3. The fourth-order valence-electron chi connectivity index (χ4n) is 1.61. The molecule has 0 bridgehead atoms. The Morgan fingerprint density at radius 3 is 2.70 bits per heavy atom. The topological polar surface area (TPSA) is 122 Å². The molecule has 2 aromatic rings. The first-order chi connectivity index (χ1) is 9.38. The Kier molecular flexibility index (Phi) is 3.51. The van der Waals surface area contributed by atoms with Crippen LogP contribution in [-0.2, 0) is 0 Å². The summed E-state index contributed by atoms with van der Waals surface area (Å²) in [5, 5.41) is 15.1. The van der Waals surface area contributed by atoms with Crippen LogP contribution < -0.4 is 10.5 Å². The molecule has 2 rings (SSSR count). The molecule has 0 saturated carbocycles. The fraction of sp³-hybridized carbons (Fsp3) is 0.364. The Labute approximate surface area is 114 Å². The molecule has 0 aliphatic rings. The van der Waals surface area contributed by atoms with E-state index in [0.717, 1.165) is 0 Å². The standard InChI is InChI=1S/C11H14N6O3/c1-6(2)16-5-8(4-13-16)20-10-9(17(18)19)7(3)14-11(12)15-10/h4-6H,1-3H3,(H2,12,14,15). The van der Waals surface area contributed by atoms with Crippen LogP contribution >= 0.6 is 0 Å². The molecule has 0 spiro atoms. The first kappa shape index (κ1) is 13.7. The molecule has 2 N–H and O–H groups in total. The Hall–Kier alpha value is -2.71. The molecular weight excluding hydrogens is 264 g/mol. The van der Waals surface area contributed by atoms with Crippen LogP contribution in [0.4, 0.5) is 11.6 Å². The van der Waals surface area contributed by atoms with Crippen LogP contribution in [0.5, 0.6) is 11.6 Å². The van der Waals surface area contributed by atoms with Crippen molar-refractivity contribution in [2.24, 2.45) is 0 Å². The minimum Gasteiger partial charge on any atom is -0.430 e. The van der Waals surface area contributed by atoms with E-state index in [1.165, 1.54) is 13.1 Å². The molecule has 9 nitrogen and oxygen atoms in total. The Bertz CT molecular complexity index is 652. The molecule has 0 unspecified atom stereocenters. The van der Waals surface area contributed by atoms with E-state index in [-0.39, 0.29) is 29.3 Å². The minimum atomic E-state index is -0.600. The van der Waals surface area contributed by atoms with E-state index in [0.29, 0.717) is 5.75 Å². The van der Waals surface area contributed by atoms with E-state index in [9.17, 15) is 10.1 Å². The van der Waals surface area contributed by atoms with Gasteiger partial charge in [0.15, 0.2) is 5.75 Å². The second kappa shape index (κ2) is 5.11. The molecule has 2 heterocycles. The third-order valence-electron chi connectivity index (χ3n) is 2.55. The molecule has 0 amide bonds. The van der Waals surface area contributed by atoms with Gasteiger partial charge >= 0.3 is 11.6 Å². The van der Waals surface area contributed by atoms with Gasteiger partial charge in [0, 0.05) is 6.04 Å². The summed E-state index contributed by atoms with van der Waals surface area (Å²) in [5.74, 6) is 0.0713. The van der Waals surface area contributed by atoms with Crippen LogP contribution in [0.25, 0.3) is 0 Å². The molecule has 0 aromatic carbocycles. The van der Waals surface area contributed by atoms with Gasteiger partial charge in [-0.15, -0.1) is 0 Å². The van der Waals surface area contributed by atoms with Crippen molar-refractivity contribution in [3.63, 3.8) is 0 Å². The lowest BCUT2D eigenvalue weighted by Gasteiger charge is -2.06. The number of nitro groups is 1. The van der Waals surface area contributed by atoms with Gasteiger partial charge in [0.2, 0.25) is 5.95 Å². The number of nitrogen functional groups attached to an aromatic ring is 1. The number of hydrogen-bond donors (Lipinski definition) is 1. The highest BCUT2D eigenvalue weighted by Crippen LogP contribution is 2.31. The van der Waals surface area contributed by atoms with Gasteiger partial charge in [0.1, 0.15) is 5.69 Å². The van der Waals surface area contributed by atoms with Crippen molar-refractivity contribution in [1.29, 1.82) is 0 Å². The third-order valence-corrected chi connectivity index (χ3v) is 2.55. The molecule has 0 fully saturated rings. The summed E-state index contributed by atoms with van der Waals surface area (Å²) in [7, 11) is 0. The van der Waals surface area contributed by atoms with Gasteiger partial charge in [-0.05, 0) is 20.8 Å². The number of aromatic nitrogens is 4. The van der Waals surface area contributed by atoms with E-state index < -0.39 is 4.92 Å². The van der Waals surface area contributed by atoms with Crippen molar-refractivity contribution < 1.29 is 9.66 Å². The number of rotatable bonds is 4. The van der Waals surface area contributed by atoms with Crippen LogP contribution in [0, 0.1) is 17.0 Å². The van der Waals surface area contributed by atoms with Gasteiger partial charge in [-0.2, -0.15) is 10.1 Å². The lowest BCUT2D eigenvalue weighted by molar-refractivity contribution is -0.386. The third kappa shape index (κ3) is 2.66. The van der Waals surface area contributed by atoms with Crippen molar-refractivity contribution in [1.82, 2.24) is 19.7 Å². The maximum absolute atomic E-state index is 11.0. The number of aryl methyl sites for hydroxylation is 1. The predicted molar refractivity (Wildman–Crippen MR) is 70.5 cm³/mol. The zero-order valence-corrected chi connectivity index (χ0v) is 11.3. The molecule has 0 saturated heterocycles. The Morgan fingerprint density at radius 1 is 1.45 bits per heavy atom. The summed E-state index contributed by atoms with van der Waals surface area (Å²) < 4.78 is 7.07. The summed E-state index contributed by atoms with van der Waals surface area (Å²) in [4.78, 5) is 18.0. The predicted octanol–water partition coefficient (Wildman–Crippen LogP) is 1.85. The number of anilines is 1. The second-order valence-corrected chi connectivity index (χ2v) is 4.43. The van der Waals surface area contributed by atoms with Crippen LogP contribution in [0.15, 0.2) is 12.4 Å². The first-order valence-corrected chi connectivity index (χ1v) is 5.89. The van der Waals surface area contributed by atoms with Crippen molar-refractivity contribution in [2.45, 2.75) is 26.8 Å². The summed E-state index contributed by atoms with van der Waals surface area (Å²) in [5.41, 5.74) is 5.33. The van der Waals surface area contributed by atoms with Gasteiger partial charge in [0.25, 0.3) is 0 Å². The molecule has 2 aromatic heterocycles. The molecule has 0 aliphatic heterocycles. The molecule has 20 heavy (non-hydrogen) atoms. The number of nitrogens with two attached hydrogens (primary N) is 1. The lowest BCUT2D eigenvalue weighted by atomic mass is 10.3. The number of ether oxygens (including phenoxy) is 1. The summed E-state index contributed by atoms with van der Waals surface area (Å²) in [6.07, 6.45) is 3.08. The van der Waals surface area contributed by atoms with Crippen molar-refractivity contribution in [2.75, 3.05) is 5.73 Å². The molecule has 0 radical (unpaired) electrons. The fourth-order valence-corrected chi connectivity index (χ4v) is 1.61. The van der Waals surface area contributed by atoms with Gasteiger partial charge in [-0.25, -0.2) is 4.98 Å². The SMILES string of the molecule is Cc1nc(N)nc(Oc2cnn(C(C)C)c2)c1[N+](=O)[O-]. The largest absolute Gasteiger partial charge is 0.430 e. The van der Waals surface area contributed by atoms with E-state index in [1.54, 1.807) is 10.9 Å². The maximum atomic E-state index is 11.0. The zero-order chi connectivity index (χ0) is 14.9. The summed E-state index contributed by atoms with van der Waals surface area (Å²) in [6.45, 7) is 5.37. The number of hydrogen-bond acceptors (Lipinski definition) is 7. The molecule has 106 valence electrons. The van der Waals surface area contributed by atoms with Gasteiger partial charge in [-0.1, -0.05) is 0 Å². The van der Waals surface area contributed by atoms with Gasteiger partial charge in [-0.3, -0.25) is 14.8 Å². The van der Waals surface area contributed by atoms with E-state index in [2.05, 4.69) is 15.1 Å². The average molecular weight is 278 g/mol. The van der Waals surface area contributed by atoms with E-state index in [4.69, 9.17) is 10.5 Å². The highest BCUT2D eigenvalue weighted by molar-refractivity contribution is 5.49. The maximum Gasteiger partial charge on any atom is 0.352 e. The van der Waals surface area contributed by atoms with Gasteiger partial charge in [0.05, 0.1) is 17.3 Å². The lowest BCUT2D eigenvalue weighted by Crippen LogP contribution is -2.04. The number of nitrogens with zero attached hydrogens (tertiary/aromatic N) is 5. The molecule has 0 aliphatic carbocycles. The van der Waals surface area contributed by atoms with Crippen LogP contribution in [0.1, 0.15) is 25.6 Å². The second-order valence-electron chi connectivity index (χ2n) is 4.43. The molecular formula is C11H14N6O3. The van der Waals surface area contributed by atoms with E-state index in [1.807, 2.05) is 13.8 Å². The molecule has 9 heteroatoms.